The molecule has 19 heavy (non-hydrogen) atoms. The first-order valence-corrected chi connectivity index (χ1v) is 6.29. The van der Waals surface area contributed by atoms with Crippen LogP contribution in [0.25, 0.3) is 0 Å². The van der Waals surface area contributed by atoms with Crippen molar-refractivity contribution in [2.45, 2.75) is 37.1 Å². The van der Waals surface area contributed by atoms with Crippen LogP contribution in [0.4, 0.5) is 39.5 Å². The lowest BCUT2D eigenvalue weighted by atomic mass is 10.1. The highest BCUT2D eigenvalue weighted by Gasteiger charge is 2.84. The van der Waals surface area contributed by atoms with Gasteiger partial charge in [0.15, 0.2) is 0 Å². The number of sulfone groups is 1. The Bertz CT molecular complexity index is 395. The zero-order valence-corrected chi connectivity index (χ0v) is 10.4. The van der Waals surface area contributed by atoms with E-state index >= 15 is 0 Å². The van der Waals surface area contributed by atoms with Crippen LogP contribution in [0.5, 0.6) is 0 Å². The van der Waals surface area contributed by atoms with Crippen molar-refractivity contribution >= 4 is 9.84 Å². The van der Waals surface area contributed by atoms with Crippen molar-refractivity contribution in [1.82, 2.24) is 0 Å². The topological polar surface area (TPSA) is 34.1 Å². The van der Waals surface area contributed by atoms with Crippen molar-refractivity contribution in [1.29, 1.82) is 0 Å². The summed E-state index contributed by atoms with van der Waals surface area (Å²) in [4.78, 5) is 0. The molecule has 0 bridgehead atoms. The van der Waals surface area contributed by atoms with Gasteiger partial charge in [-0.1, -0.05) is 13.8 Å². The van der Waals surface area contributed by atoms with E-state index in [0.29, 0.717) is 0 Å². The van der Waals surface area contributed by atoms with E-state index in [0.717, 1.165) is 0 Å². The van der Waals surface area contributed by atoms with E-state index in [1.165, 1.54) is 0 Å². The summed E-state index contributed by atoms with van der Waals surface area (Å²) in [5, 5.41) is -6.56. The summed E-state index contributed by atoms with van der Waals surface area (Å²) in [7, 11) is -6.17. The lowest BCUT2D eigenvalue weighted by molar-refractivity contribution is -0.382. The molecular formula is C7H9F9O2S. The Morgan fingerprint density at radius 3 is 1.11 bits per heavy atom. The Morgan fingerprint density at radius 2 is 0.947 bits per heavy atom. The summed E-state index contributed by atoms with van der Waals surface area (Å²) >= 11 is 0. The summed E-state index contributed by atoms with van der Waals surface area (Å²) in [6.07, 6.45) is -7.61. The number of rotatable bonds is 3. The molecule has 2 nitrogen and oxygen atoms in total. The fourth-order valence-electron chi connectivity index (χ4n) is 0.594. The van der Waals surface area contributed by atoms with E-state index in [9.17, 15) is 47.9 Å². The van der Waals surface area contributed by atoms with Crippen molar-refractivity contribution in [2.75, 3.05) is 6.26 Å². The first-order chi connectivity index (χ1) is 8.00. The molecule has 0 aliphatic heterocycles. The Hall–Kier alpha value is -0.680. The number of halogens is 9. The zero-order chi connectivity index (χ0) is 16.5. The third-order valence-electron chi connectivity index (χ3n) is 1.58. The largest absolute Gasteiger partial charge is 0.460 e. The van der Waals surface area contributed by atoms with E-state index in [2.05, 4.69) is 0 Å². The minimum Gasteiger partial charge on any atom is -0.223 e. The van der Waals surface area contributed by atoms with Crippen molar-refractivity contribution in [3.05, 3.63) is 0 Å². The second-order valence-corrected chi connectivity index (χ2v) is 4.99. The molecule has 0 unspecified atom stereocenters. The molecule has 12 heteroatoms. The molecule has 0 saturated carbocycles. The van der Waals surface area contributed by atoms with Crippen LogP contribution >= 0.6 is 0 Å². The minimum atomic E-state index is -7.19. The second-order valence-electron chi connectivity index (χ2n) is 2.94. The summed E-state index contributed by atoms with van der Waals surface area (Å²) in [5.41, 5.74) is 0. The normalized spacial score (nSPS) is 14.7. The van der Waals surface area contributed by atoms with Crippen molar-refractivity contribution in [3.8, 4) is 0 Å². The molecule has 0 aliphatic carbocycles. The van der Waals surface area contributed by atoms with E-state index in [1.807, 2.05) is 13.8 Å². The van der Waals surface area contributed by atoms with E-state index < -0.39 is 39.4 Å². The minimum absolute atomic E-state index is 0.590. The van der Waals surface area contributed by atoms with Crippen LogP contribution in [0, 0.1) is 0 Å². The number of hydrogen-bond donors (Lipinski definition) is 0. The van der Waals surface area contributed by atoms with E-state index in [1.54, 1.807) is 0 Å². The van der Waals surface area contributed by atoms with Crippen LogP contribution in [-0.4, -0.2) is 37.9 Å². The Kier molecular flexibility index (Phi) is 5.83. The summed E-state index contributed by atoms with van der Waals surface area (Å²) in [6, 6.07) is 0. The highest BCUT2D eigenvalue weighted by Crippen LogP contribution is 2.54. The molecule has 0 atom stereocenters. The first-order valence-electron chi connectivity index (χ1n) is 4.40. The second kappa shape index (κ2) is 5.37. The SMILES string of the molecule is CC.CS(=O)(=O)C(F)(F)C(F)(F)C(F)(F)C(F)(F)F. The van der Waals surface area contributed by atoms with E-state index in [-0.39, 0.29) is 0 Å². The molecule has 0 radical (unpaired) electrons. The first kappa shape index (κ1) is 20.6. The fraction of sp³-hybridized carbons (Fsp3) is 1.00. The van der Waals surface area contributed by atoms with Crippen LogP contribution in [0.1, 0.15) is 13.8 Å². The van der Waals surface area contributed by atoms with Gasteiger partial charge in [0.1, 0.15) is 0 Å². The highest BCUT2D eigenvalue weighted by molar-refractivity contribution is 7.91. The monoisotopic (exact) mass is 328 g/mol. The molecule has 0 fully saturated rings. The molecule has 0 heterocycles. The molecule has 118 valence electrons. The van der Waals surface area contributed by atoms with Gasteiger partial charge in [-0.3, -0.25) is 0 Å². The van der Waals surface area contributed by atoms with Gasteiger partial charge in [0.25, 0.3) is 0 Å². The van der Waals surface area contributed by atoms with Crippen LogP contribution in [0.3, 0.4) is 0 Å². The zero-order valence-electron chi connectivity index (χ0n) is 9.63. The van der Waals surface area contributed by atoms with Gasteiger partial charge >= 0.3 is 23.3 Å². The van der Waals surface area contributed by atoms with Gasteiger partial charge in [0.05, 0.1) is 0 Å². The molecule has 0 aromatic heterocycles. The highest BCUT2D eigenvalue weighted by atomic mass is 32.2. The van der Waals surface area contributed by atoms with Crippen molar-refractivity contribution in [2.24, 2.45) is 0 Å². The number of alkyl halides is 9. The standard InChI is InChI=1S/C5H3F9O2S.C2H6/c1-17(15,16)5(13,14)3(8,9)2(6,7)4(10,11)12;1-2/h1H3;1-2H3. The predicted molar refractivity (Wildman–Crippen MR) is 47.1 cm³/mol. The lowest BCUT2D eigenvalue weighted by Gasteiger charge is -2.32. The van der Waals surface area contributed by atoms with Crippen molar-refractivity contribution < 1.29 is 47.9 Å². The quantitative estimate of drug-likeness (QED) is 0.743. The predicted octanol–water partition coefficient (Wildman–Crippen LogP) is 3.48. The lowest BCUT2D eigenvalue weighted by Crippen LogP contribution is -2.63. The van der Waals surface area contributed by atoms with Crippen LogP contribution in [-0.2, 0) is 9.84 Å². The molecule has 0 aliphatic rings. The maximum Gasteiger partial charge on any atom is 0.460 e. The Labute approximate surface area is 102 Å². The molecule has 0 amide bonds. The average molecular weight is 328 g/mol. The third-order valence-corrected chi connectivity index (χ3v) is 2.77. The maximum atomic E-state index is 12.4. The van der Waals surface area contributed by atoms with Crippen molar-refractivity contribution in [3.63, 3.8) is 0 Å². The van der Waals surface area contributed by atoms with Gasteiger partial charge in [-0.25, -0.2) is 8.42 Å². The molecule has 0 spiro atoms. The fourth-order valence-corrected chi connectivity index (χ4v) is 1.19. The molecular weight excluding hydrogens is 319 g/mol. The summed E-state index contributed by atoms with van der Waals surface area (Å²) < 4.78 is 129. The van der Waals surface area contributed by atoms with Crippen LogP contribution < -0.4 is 0 Å². The molecule has 0 rings (SSSR count). The molecule has 0 aromatic rings. The van der Waals surface area contributed by atoms with Gasteiger partial charge in [-0.15, -0.1) is 0 Å². The van der Waals surface area contributed by atoms with Gasteiger partial charge in [-0.05, 0) is 0 Å². The van der Waals surface area contributed by atoms with Crippen LogP contribution in [0.2, 0.25) is 0 Å². The Balaban J connectivity index is 0. The third kappa shape index (κ3) is 3.26. The summed E-state index contributed by atoms with van der Waals surface area (Å²) in [6.45, 7) is 4.00. The molecule has 0 aromatic carbocycles. The van der Waals surface area contributed by atoms with Gasteiger partial charge in [-0.2, -0.15) is 39.5 Å². The maximum absolute atomic E-state index is 12.4. The smallest absolute Gasteiger partial charge is 0.223 e. The molecule has 0 saturated heterocycles. The van der Waals surface area contributed by atoms with Gasteiger partial charge in [0, 0.05) is 6.26 Å². The van der Waals surface area contributed by atoms with Gasteiger partial charge in [0.2, 0.25) is 9.84 Å². The Morgan fingerprint density at radius 1 is 0.684 bits per heavy atom. The van der Waals surface area contributed by atoms with Gasteiger partial charge < -0.3 is 0 Å². The number of hydrogen-bond acceptors (Lipinski definition) is 2. The summed E-state index contributed by atoms with van der Waals surface area (Å²) in [5.74, 6) is -14.3. The molecule has 0 N–H and O–H groups in total. The van der Waals surface area contributed by atoms with E-state index in [4.69, 9.17) is 0 Å². The van der Waals surface area contributed by atoms with Crippen LogP contribution in [0.15, 0.2) is 0 Å². The average Bonchev–Trinajstić information content (AvgIpc) is 2.16.